The molecule has 0 unspecified atom stereocenters. The van der Waals surface area contributed by atoms with Gasteiger partial charge in [0.2, 0.25) is 11.8 Å². The molecule has 1 aromatic heterocycles. The molecule has 2 rings (SSSR count). The van der Waals surface area contributed by atoms with Crippen molar-refractivity contribution in [2.75, 3.05) is 6.54 Å². The summed E-state index contributed by atoms with van der Waals surface area (Å²) in [5.41, 5.74) is 0.169. The normalized spacial score (nSPS) is 12.4. The first-order chi connectivity index (χ1) is 13.8. The summed E-state index contributed by atoms with van der Waals surface area (Å²) in [7, 11) is 0. The molecule has 0 saturated heterocycles. The van der Waals surface area contributed by atoms with E-state index in [9.17, 15) is 24.0 Å². The summed E-state index contributed by atoms with van der Waals surface area (Å²) in [5, 5.41) is 17.1. The summed E-state index contributed by atoms with van der Waals surface area (Å²) in [5.74, 6) is -3.15. The summed E-state index contributed by atoms with van der Waals surface area (Å²) in [6.45, 7) is 0.963. The maximum atomic E-state index is 12.5. The standard InChI is InChI=1S/C19H20N4O6/c1-11(18(28)21-9-15(25)23-13(10-24)8-16(26)27)22-19(29)17-14-5-3-2-4-12(14)6-7-20-17/h2-7,10-11,13H,8-9H2,1H3,(H,21,28)(H,22,29)(H,23,25)(H,26,27)/t11-,13-/m0/s1. The van der Waals surface area contributed by atoms with Gasteiger partial charge in [-0.25, -0.2) is 0 Å². The molecule has 2 atom stereocenters. The third kappa shape index (κ3) is 6.09. The smallest absolute Gasteiger partial charge is 0.305 e. The largest absolute Gasteiger partial charge is 0.481 e. The molecule has 3 amide bonds. The molecule has 0 fully saturated rings. The van der Waals surface area contributed by atoms with E-state index in [4.69, 9.17) is 5.11 Å². The molecule has 29 heavy (non-hydrogen) atoms. The van der Waals surface area contributed by atoms with Crippen molar-refractivity contribution in [2.45, 2.75) is 25.4 Å². The van der Waals surface area contributed by atoms with Crippen LogP contribution < -0.4 is 16.0 Å². The maximum absolute atomic E-state index is 12.5. The van der Waals surface area contributed by atoms with E-state index >= 15 is 0 Å². The highest BCUT2D eigenvalue weighted by molar-refractivity contribution is 6.06. The first-order valence-corrected chi connectivity index (χ1v) is 8.70. The predicted molar refractivity (Wildman–Crippen MR) is 102 cm³/mol. The van der Waals surface area contributed by atoms with Crippen LogP contribution in [-0.2, 0) is 19.2 Å². The third-order valence-corrected chi connectivity index (χ3v) is 3.96. The molecule has 10 heteroatoms. The van der Waals surface area contributed by atoms with Crippen LogP contribution in [-0.4, -0.2) is 58.7 Å². The highest BCUT2D eigenvalue weighted by Crippen LogP contribution is 2.16. The van der Waals surface area contributed by atoms with Crippen LogP contribution in [0.4, 0.5) is 0 Å². The van der Waals surface area contributed by atoms with Crippen molar-refractivity contribution in [3.05, 3.63) is 42.2 Å². The van der Waals surface area contributed by atoms with Gasteiger partial charge in [-0.1, -0.05) is 24.3 Å². The number of aldehydes is 1. The second kappa shape index (κ2) is 9.93. The van der Waals surface area contributed by atoms with E-state index in [1.165, 1.54) is 13.1 Å². The highest BCUT2D eigenvalue weighted by Gasteiger charge is 2.20. The van der Waals surface area contributed by atoms with Crippen molar-refractivity contribution in [1.82, 2.24) is 20.9 Å². The zero-order chi connectivity index (χ0) is 21.4. The molecule has 2 aromatic rings. The Morgan fingerprint density at radius 2 is 1.86 bits per heavy atom. The summed E-state index contributed by atoms with van der Waals surface area (Å²) in [6, 6.07) is 6.79. The van der Waals surface area contributed by atoms with Gasteiger partial charge in [0.05, 0.1) is 19.0 Å². The lowest BCUT2D eigenvalue weighted by atomic mass is 10.1. The summed E-state index contributed by atoms with van der Waals surface area (Å²) in [4.78, 5) is 61.7. The topological polar surface area (TPSA) is 155 Å². The van der Waals surface area contributed by atoms with Gasteiger partial charge < -0.3 is 25.9 Å². The van der Waals surface area contributed by atoms with Crippen LogP contribution in [0, 0.1) is 0 Å². The molecule has 0 spiro atoms. The highest BCUT2D eigenvalue weighted by atomic mass is 16.4. The number of nitrogens with zero attached hydrogens (tertiary/aromatic N) is 1. The lowest BCUT2D eigenvalue weighted by Crippen LogP contribution is -2.49. The second-order valence-electron chi connectivity index (χ2n) is 6.20. The van der Waals surface area contributed by atoms with Crippen LogP contribution in [0.25, 0.3) is 10.8 Å². The summed E-state index contributed by atoms with van der Waals surface area (Å²) < 4.78 is 0. The third-order valence-electron chi connectivity index (χ3n) is 3.96. The number of nitrogens with one attached hydrogen (secondary N) is 3. The fourth-order valence-corrected chi connectivity index (χ4v) is 2.53. The van der Waals surface area contributed by atoms with E-state index in [0.717, 1.165) is 5.39 Å². The van der Waals surface area contributed by atoms with Crippen molar-refractivity contribution in [2.24, 2.45) is 0 Å². The van der Waals surface area contributed by atoms with E-state index in [0.29, 0.717) is 11.7 Å². The van der Waals surface area contributed by atoms with E-state index in [2.05, 4.69) is 20.9 Å². The fourth-order valence-electron chi connectivity index (χ4n) is 2.53. The molecule has 0 bridgehead atoms. The van der Waals surface area contributed by atoms with Crippen LogP contribution >= 0.6 is 0 Å². The Labute approximate surface area is 165 Å². The van der Waals surface area contributed by atoms with Crippen LogP contribution in [0.15, 0.2) is 36.5 Å². The van der Waals surface area contributed by atoms with Gasteiger partial charge in [-0.15, -0.1) is 0 Å². The lowest BCUT2D eigenvalue weighted by molar-refractivity contribution is -0.139. The predicted octanol–water partition coefficient (Wildman–Crippen LogP) is -0.372. The minimum Gasteiger partial charge on any atom is -0.481 e. The SMILES string of the molecule is C[C@H](NC(=O)c1nccc2ccccc12)C(=O)NCC(=O)N[C@H](C=O)CC(=O)O. The van der Waals surface area contributed by atoms with Gasteiger partial charge in [0.1, 0.15) is 18.0 Å². The van der Waals surface area contributed by atoms with Crippen molar-refractivity contribution < 1.29 is 29.1 Å². The fraction of sp³-hybridized carbons (Fsp3) is 0.263. The average molecular weight is 400 g/mol. The second-order valence-corrected chi connectivity index (χ2v) is 6.20. The number of carboxylic acid groups (broad SMARTS) is 1. The molecule has 0 aliphatic heterocycles. The van der Waals surface area contributed by atoms with E-state index in [1.807, 2.05) is 12.1 Å². The van der Waals surface area contributed by atoms with Gasteiger partial charge in [-0.2, -0.15) is 0 Å². The molecular formula is C19H20N4O6. The summed E-state index contributed by atoms with van der Waals surface area (Å²) >= 11 is 0. The van der Waals surface area contributed by atoms with Gasteiger partial charge in [0, 0.05) is 11.6 Å². The number of carboxylic acids is 1. The average Bonchev–Trinajstić information content (AvgIpc) is 2.70. The number of fused-ring (bicyclic) bond motifs is 1. The van der Waals surface area contributed by atoms with E-state index in [-0.39, 0.29) is 5.69 Å². The zero-order valence-electron chi connectivity index (χ0n) is 15.5. The molecule has 1 aromatic carbocycles. The Balaban J connectivity index is 1.90. The molecule has 0 aliphatic rings. The monoisotopic (exact) mass is 400 g/mol. The molecule has 152 valence electrons. The van der Waals surface area contributed by atoms with Gasteiger partial charge in [0.15, 0.2) is 0 Å². The first kappa shape index (κ1) is 21.5. The van der Waals surface area contributed by atoms with Crippen molar-refractivity contribution >= 4 is 40.7 Å². The minimum absolute atomic E-state index is 0.169. The number of amides is 3. The number of benzene rings is 1. The summed E-state index contributed by atoms with van der Waals surface area (Å²) in [6.07, 6.45) is 1.23. The number of hydrogen-bond acceptors (Lipinski definition) is 6. The van der Waals surface area contributed by atoms with Crippen LogP contribution in [0.3, 0.4) is 0 Å². The van der Waals surface area contributed by atoms with Crippen LogP contribution in [0.2, 0.25) is 0 Å². The first-order valence-electron chi connectivity index (χ1n) is 8.70. The van der Waals surface area contributed by atoms with Gasteiger partial charge >= 0.3 is 5.97 Å². The number of aliphatic carboxylic acids is 1. The Kier molecular flexibility index (Phi) is 7.35. The van der Waals surface area contributed by atoms with Gasteiger partial charge in [-0.05, 0) is 18.4 Å². The van der Waals surface area contributed by atoms with Gasteiger partial charge in [0.25, 0.3) is 5.91 Å². The number of carbonyl (C=O) groups excluding carboxylic acids is 4. The molecule has 0 aliphatic carbocycles. The molecular weight excluding hydrogens is 380 g/mol. The molecule has 0 saturated carbocycles. The quantitative estimate of drug-likeness (QED) is 0.419. The van der Waals surface area contributed by atoms with E-state index in [1.54, 1.807) is 18.2 Å². The minimum atomic E-state index is -1.25. The van der Waals surface area contributed by atoms with Crippen LogP contribution in [0.5, 0.6) is 0 Å². The van der Waals surface area contributed by atoms with Gasteiger partial charge in [-0.3, -0.25) is 24.2 Å². The molecule has 4 N–H and O–H groups in total. The van der Waals surface area contributed by atoms with Crippen molar-refractivity contribution in [3.63, 3.8) is 0 Å². The Bertz CT molecular complexity index is 940. The molecule has 10 nitrogen and oxygen atoms in total. The number of hydrogen-bond donors (Lipinski definition) is 4. The Morgan fingerprint density at radius 1 is 1.14 bits per heavy atom. The lowest BCUT2D eigenvalue weighted by Gasteiger charge is -2.15. The molecule has 0 radical (unpaired) electrons. The number of carbonyl (C=O) groups is 5. The van der Waals surface area contributed by atoms with Crippen molar-refractivity contribution in [1.29, 1.82) is 0 Å². The zero-order valence-corrected chi connectivity index (χ0v) is 15.5. The Morgan fingerprint density at radius 3 is 2.55 bits per heavy atom. The number of aromatic nitrogens is 1. The molecule has 1 heterocycles. The number of pyridine rings is 1. The Hall–Kier alpha value is -3.82. The van der Waals surface area contributed by atoms with Crippen molar-refractivity contribution in [3.8, 4) is 0 Å². The van der Waals surface area contributed by atoms with E-state index < -0.39 is 48.7 Å². The maximum Gasteiger partial charge on any atom is 0.305 e. The van der Waals surface area contributed by atoms with Crippen LogP contribution in [0.1, 0.15) is 23.8 Å². The number of rotatable bonds is 9.